The van der Waals surface area contributed by atoms with Gasteiger partial charge in [0.2, 0.25) is 0 Å². The van der Waals surface area contributed by atoms with E-state index in [1.54, 1.807) is 24.3 Å². The van der Waals surface area contributed by atoms with Crippen molar-refractivity contribution in [3.63, 3.8) is 0 Å². The molecule has 0 aromatic heterocycles. The summed E-state index contributed by atoms with van der Waals surface area (Å²) >= 11 is 3.42. The molecule has 0 atom stereocenters. The van der Waals surface area contributed by atoms with Crippen LogP contribution in [0.25, 0.3) is 0 Å². The van der Waals surface area contributed by atoms with Gasteiger partial charge in [-0.2, -0.15) is 8.78 Å². The Bertz CT molecular complexity index is 309. The van der Waals surface area contributed by atoms with E-state index in [0.717, 1.165) is 10.9 Å². The zero-order valence-corrected chi connectivity index (χ0v) is 10.2. The molecule has 1 aromatic rings. The third kappa shape index (κ3) is 3.45. The lowest BCUT2D eigenvalue weighted by Gasteiger charge is -2.22. The Kier molecular flexibility index (Phi) is 4.08. The minimum Gasteiger partial charge on any atom is -0.435 e. The SMILES string of the molecule is CC(C)(CBr)c1ccc(OC(F)F)cc1. The van der Waals surface area contributed by atoms with Crippen LogP contribution in [0.4, 0.5) is 8.78 Å². The van der Waals surface area contributed by atoms with E-state index in [1.807, 2.05) is 0 Å². The molecule has 15 heavy (non-hydrogen) atoms. The molecule has 0 aliphatic rings. The quantitative estimate of drug-likeness (QED) is 0.758. The van der Waals surface area contributed by atoms with Gasteiger partial charge in [-0.15, -0.1) is 0 Å². The predicted molar refractivity (Wildman–Crippen MR) is 59.9 cm³/mol. The summed E-state index contributed by atoms with van der Waals surface area (Å²) in [5.41, 5.74) is 1.07. The van der Waals surface area contributed by atoms with Gasteiger partial charge in [0.1, 0.15) is 5.75 Å². The molecule has 0 heterocycles. The number of alkyl halides is 3. The van der Waals surface area contributed by atoms with E-state index in [9.17, 15) is 8.78 Å². The van der Waals surface area contributed by atoms with Gasteiger partial charge >= 0.3 is 6.61 Å². The summed E-state index contributed by atoms with van der Waals surface area (Å²) < 4.78 is 28.1. The Morgan fingerprint density at radius 2 is 1.80 bits per heavy atom. The van der Waals surface area contributed by atoms with Crippen LogP contribution in [0.2, 0.25) is 0 Å². The molecule has 0 saturated carbocycles. The average Bonchev–Trinajstić information content (AvgIpc) is 2.18. The predicted octanol–water partition coefficient (Wildman–Crippen LogP) is 3.96. The molecule has 84 valence electrons. The van der Waals surface area contributed by atoms with Crippen LogP contribution in [0, 0.1) is 0 Å². The lowest BCUT2D eigenvalue weighted by molar-refractivity contribution is -0.0498. The highest BCUT2D eigenvalue weighted by Crippen LogP contribution is 2.27. The summed E-state index contributed by atoms with van der Waals surface area (Å²) in [4.78, 5) is 0. The molecule has 4 heteroatoms. The van der Waals surface area contributed by atoms with Crippen molar-refractivity contribution in [3.05, 3.63) is 29.8 Å². The van der Waals surface area contributed by atoms with Crippen LogP contribution in [0.1, 0.15) is 19.4 Å². The number of benzene rings is 1. The summed E-state index contributed by atoms with van der Waals surface area (Å²) in [6.45, 7) is 1.38. The molecule has 1 nitrogen and oxygen atoms in total. The normalized spacial score (nSPS) is 11.9. The molecule has 0 bridgehead atoms. The van der Waals surface area contributed by atoms with Crippen LogP contribution in [-0.2, 0) is 5.41 Å². The highest BCUT2D eigenvalue weighted by Gasteiger charge is 2.18. The standard InChI is InChI=1S/C11H13BrF2O/c1-11(2,7-12)8-3-5-9(6-4-8)15-10(13)14/h3-6,10H,7H2,1-2H3. The molecule has 1 rings (SSSR count). The van der Waals surface area contributed by atoms with Crippen molar-refractivity contribution in [1.82, 2.24) is 0 Å². The van der Waals surface area contributed by atoms with Gasteiger partial charge < -0.3 is 4.74 Å². The van der Waals surface area contributed by atoms with E-state index in [2.05, 4.69) is 34.5 Å². The van der Waals surface area contributed by atoms with Crippen LogP contribution < -0.4 is 4.74 Å². The Morgan fingerprint density at radius 1 is 1.27 bits per heavy atom. The molecule has 0 fully saturated rings. The van der Waals surface area contributed by atoms with E-state index in [-0.39, 0.29) is 11.2 Å². The molecule has 0 unspecified atom stereocenters. The molecule has 0 saturated heterocycles. The molecule has 0 spiro atoms. The van der Waals surface area contributed by atoms with Crippen molar-refractivity contribution in [1.29, 1.82) is 0 Å². The third-order valence-electron chi connectivity index (χ3n) is 2.20. The first-order chi connectivity index (χ1) is 6.95. The Hall–Kier alpha value is -0.640. The molecule has 0 aliphatic heterocycles. The summed E-state index contributed by atoms with van der Waals surface area (Å²) in [5, 5.41) is 0.815. The maximum absolute atomic E-state index is 11.9. The first-order valence-electron chi connectivity index (χ1n) is 4.57. The van der Waals surface area contributed by atoms with Gasteiger partial charge in [-0.25, -0.2) is 0 Å². The van der Waals surface area contributed by atoms with Gasteiger partial charge in [-0.3, -0.25) is 0 Å². The van der Waals surface area contributed by atoms with E-state index in [1.165, 1.54) is 0 Å². The Morgan fingerprint density at radius 3 is 2.20 bits per heavy atom. The van der Waals surface area contributed by atoms with E-state index in [4.69, 9.17) is 0 Å². The van der Waals surface area contributed by atoms with Gasteiger partial charge in [0.05, 0.1) is 0 Å². The summed E-state index contributed by atoms with van der Waals surface area (Å²) in [5.74, 6) is 0.194. The van der Waals surface area contributed by atoms with Gasteiger partial charge in [0, 0.05) is 5.33 Å². The minimum atomic E-state index is -2.76. The molecule has 0 radical (unpaired) electrons. The Labute approximate surface area is 96.6 Å². The number of hydrogen-bond acceptors (Lipinski definition) is 1. The summed E-state index contributed by atoms with van der Waals surface area (Å²) in [7, 11) is 0. The van der Waals surface area contributed by atoms with E-state index < -0.39 is 6.61 Å². The first kappa shape index (κ1) is 12.4. The smallest absolute Gasteiger partial charge is 0.387 e. The second-order valence-corrected chi connectivity index (χ2v) is 4.48. The van der Waals surface area contributed by atoms with Gasteiger partial charge in [0.15, 0.2) is 0 Å². The number of rotatable bonds is 4. The van der Waals surface area contributed by atoms with Crippen molar-refractivity contribution in [2.75, 3.05) is 5.33 Å². The van der Waals surface area contributed by atoms with Crippen molar-refractivity contribution in [3.8, 4) is 5.75 Å². The molecular weight excluding hydrogens is 266 g/mol. The molecule has 0 N–H and O–H groups in total. The maximum atomic E-state index is 11.9. The monoisotopic (exact) mass is 278 g/mol. The number of halogens is 3. The summed E-state index contributed by atoms with van der Waals surface area (Å²) in [6.07, 6.45) is 0. The van der Waals surface area contributed by atoms with Gasteiger partial charge in [-0.1, -0.05) is 41.9 Å². The second kappa shape index (κ2) is 4.92. The van der Waals surface area contributed by atoms with Crippen molar-refractivity contribution >= 4 is 15.9 Å². The fourth-order valence-electron chi connectivity index (χ4n) is 1.16. The van der Waals surface area contributed by atoms with Crippen molar-refractivity contribution in [2.24, 2.45) is 0 Å². The van der Waals surface area contributed by atoms with E-state index >= 15 is 0 Å². The zero-order valence-electron chi connectivity index (χ0n) is 8.64. The molecule has 1 aromatic carbocycles. The van der Waals surface area contributed by atoms with Gasteiger partial charge in [0.25, 0.3) is 0 Å². The second-order valence-electron chi connectivity index (χ2n) is 3.92. The highest BCUT2D eigenvalue weighted by molar-refractivity contribution is 9.09. The fourth-order valence-corrected chi connectivity index (χ4v) is 1.49. The van der Waals surface area contributed by atoms with Crippen LogP contribution in [0.5, 0.6) is 5.75 Å². The van der Waals surface area contributed by atoms with Crippen LogP contribution in [0.3, 0.4) is 0 Å². The topological polar surface area (TPSA) is 9.23 Å². The zero-order chi connectivity index (χ0) is 11.5. The molecule has 0 amide bonds. The Balaban J connectivity index is 2.81. The van der Waals surface area contributed by atoms with Crippen molar-refractivity contribution in [2.45, 2.75) is 25.9 Å². The van der Waals surface area contributed by atoms with Crippen LogP contribution in [-0.4, -0.2) is 11.9 Å². The summed E-state index contributed by atoms with van der Waals surface area (Å²) in [6, 6.07) is 6.73. The first-order valence-corrected chi connectivity index (χ1v) is 5.69. The lowest BCUT2D eigenvalue weighted by Crippen LogP contribution is -2.18. The fraction of sp³-hybridized carbons (Fsp3) is 0.455. The number of ether oxygens (including phenoxy) is 1. The highest BCUT2D eigenvalue weighted by atomic mass is 79.9. The maximum Gasteiger partial charge on any atom is 0.387 e. The van der Waals surface area contributed by atoms with E-state index in [0.29, 0.717) is 0 Å². The van der Waals surface area contributed by atoms with Crippen LogP contribution in [0.15, 0.2) is 24.3 Å². The minimum absolute atomic E-state index is 0.0106. The molecular formula is C11H13BrF2O. The average molecular weight is 279 g/mol. The number of hydrogen-bond donors (Lipinski definition) is 0. The largest absolute Gasteiger partial charge is 0.435 e. The van der Waals surface area contributed by atoms with Crippen molar-refractivity contribution < 1.29 is 13.5 Å². The third-order valence-corrected chi connectivity index (χ3v) is 3.60. The molecule has 0 aliphatic carbocycles. The van der Waals surface area contributed by atoms with Gasteiger partial charge in [-0.05, 0) is 23.1 Å². The lowest BCUT2D eigenvalue weighted by atomic mass is 9.87. The van der Waals surface area contributed by atoms with Crippen LogP contribution >= 0.6 is 15.9 Å².